The third kappa shape index (κ3) is 1.67. The van der Waals surface area contributed by atoms with E-state index >= 15 is 0 Å². The number of primary amides is 1. The molecule has 0 spiro atoms. The number of pyridine rings is 1. The minimum Gasteiger partial charge on any atom is -0.366 e. The van der Waals surface area contributed by atoms with Gasteiger partial charge in [-0.2, -0.15) is 5.10 Å². The minimum atomic E-state index is -0.479. The molecule has 0 aliphatic heterocycles. The fraction of sp³-hybridized carbons (Fsp3) is 0.182. The first kappa shape index (κ1) is 10.4. The smallest absolute Gasteiger partial charge is 0.250 e. The third-order valence-corrected chi connectivity index (χ3v) is 2.44. The molecule has 2 heterocycles. The number of aryl methyl sites for hydroxylation is 2. The number of carbonyl (C=O) groups is 1. The molecule has 0 atom stereocenters. The molecule has 0 aliphatic rings. The van der Waals surface area contributed by atoms with Crippen LogP contribution in [0.5, 0.6) is 0 Å². The maximum Gasteiger partial charge on any atom is 0.250 e. The van der Waals surface area contributed by atoms with Crippen molar-refractivity contribution in [2.45, 2.75) is 13.8 Å². The molecule has 0 unspecified atom stereocenters. The van der Waals surface area contributed by atoms with E-state index in [1.807, 2.05) is 13.8 Å². The Labute approximate surface area is 92.7 Å². The molecule has 0 fully saturated rings. The van der Waals surface area contributed by atoms with Gasteiger partial charge >= 0.3 is 0 Å². The number of amides is 1. The van der Waals surface area contributed by atoms with Crippen molar-refractivity contribution in [1.29, 1.82) is 0 Å². The maximum atomic E-state index is 11.1. The van der Waals surface area contributed by atoms with E-state index in [2.05, 4.69) is 15.2 Å². The van der Waals surface area contributed by atoms with Crippen molar-refractivity contribution >= 4 is 5.91 Å². The molecule has 0 saturated carbocycles. The Kier molecular flexibility index (Phi) is 2.44. The molecule has 16 heavy (non-hydrogen) atoms. The molecule has 82 valence electrons. The van der Waals surface area contributed by atoms with Gasteiger partial charge in [-0.05, 0) is 19.9 Å². The average molecular weight is 216 g/mol. The van der Waals surface area contributed by atoms with Crippen molar-refractivity contribution in [2.24, 2.45) is 5.73 Å². The number of nitrogens with zero attached hydrogens (tertiary/aromatic N) is 2. The van der Waals surface area contributed by atoms with Crippen LogP contribution in [-0.4, -0.2) is 21.1 Å². The highest BCUT2D eigenvalue weighted by molar-refractivity contribution is 5.93. The van der Waals surface area contributed by atoms with E-state index in [4.69, 9.17) is 5.73 Å². The Morgan fingerprint density at radius 1 is 1.38 bits per heavy atom. The standard InChI is InChI=1S/C11H12N4O/c1-6-10(7(2)15-14-6)8-3-9(11(12)16)5-13-4-8/h3-5H,1-2H3,(H2,12,16)(H,14,15). The SMILES string of the molecule is Cc1n[nH]c(C)c1-c1cncc(C(N)=O)c1. The Hall–Kier alpha value is -2.17. The number of nitrogens with two attached hydrogens (primary N) is 1. The van der Waals surface area contributed by atoms with Gasteiger partial charge < -0.3 is 5.73 Å². The van der Waals surface area contributed by atoms with Crippen LogP contribution in [0.25, 0.3) is 11.1 Å². The van der Waals surface area contributed by atoms with E-state index in [-0.39, 0.29) is 0 Å². The number of aromatic nitrogens is 3. The second-order valence-corrected chi connectivity index (χ2v) is 3.64. The van der Waals surface area contributed by atoms with E-state index in [1.54, 1.807) is 12.3 Å². The molecular formula is C11H12N4O. The molecule has 0 aliphatic carbocycles. The molecule has 5 heteroatoms. The first-order chi connectivity index (χ1) is 7.59. The highest BCUT2D eigenvalue weighted by atomic mass is 16.1. The van der Waals surface area contributed by atoms with E-state index in [0.717, 1.165) is 22.5 Å². The number of hydrogen-bond donors (Lipinski definition) is 2. The number of rotatable bonds is 2. The van der Waals surface area contributed by atoms with Crippen molar-refractivity contribution in [1.82, 2.24) is 15.2 Å². The van der Waals surface area contributed by atoms with Gasteiger partial charge in [0.25, 0.3) is 0 Å². The molecule has 2 rings (SSSR count). The second kappa shape index (κ2) is 3.77. The summed E-state index contributed by atoms with van der Waals surface area (Å²) in [6, 6.07) is 1.72. The highest BCUT2D eigenvalue weighted by Gasteiger charge is 2.11. The summed E-state index contributed by atoms with van der Waals surface area (Å²) in [5, 5.41) is 6.99. The molecule has 0 saturated heterocycles. The normalized spacial score (nSPS) is 10.4. The summed E-state index contributed by atoms with van der Waals surface area (Å²) in [5.41, 5.74) is 9.25. The Morgan fingerprint density at radius 2 is 2.12 bits per heavy atom. The molecule has 2 aromatic rings. The summed E-state index contributed by atoms with van der Waals surface area (Å²) < 4.78 is 0. The number of nitrogens with one attached hydrogen (secondary N) is 1. The summed E-state index contributed by atoms with van der Waals surface area (Å²) in [7, 11) is 0. The van der Waals surface area contributed by atoms with E-state index in [0.29, 0.717) is 5.56 Å². The topological polar surface area (TPSA) is 84.7 Å². The van der Waals surface area contributed by atoms with Crippen LogP contribution in [0.1, 0.15) is 21.7 Å². The Bertz CT molecular complexity index is 525. The van der Waals surface area contributed by atoms with Crippen molar-refractivity contribution in [3.05, 3.63) is 35.4 Å². The van der Waals surface area contributed by atoms with Gasteiger partial charge in [-0.1, -0.05) is 0 Å². The van der Waals surface area contributed by atoms with E-state index in [1.165, 1.54) is 6.20 Å². The van der Waals surface area contributed by atoms with Crippen LogP contribution < -0.4 is 5.73 Å². The van der Waals surface area contributed by atoms with Crippen molar-refractivity contribution in [3.63, 3.8) is 0 Å². The summed E-state index contributed by atoms with van der Waals surface area (Å²) in [6.45, 7) is 3.82. The number of carbonyl (C=O) groups excluding carboxylic acids is 1. The number of hydrogen-bond acceptors (Lipinski definition) is 3. The van der Waals surface area contributed by atoms with E-state index in [9.17, 15) is 4.79 Å². The third-order valence-electron chi connectivity index (χ3n) is 2.44. The van der Waals surface area contributed by atoms with Gasteiger partial charge in [0.05, 0.1) is 11.3 Å². The first-order valence-electron chi connectivity index (χ1n) is 4.86. The number of aromatic amines is 1. The largest absolute Gasteiger partial charge is 0.366 e. The van der Waals surface area contributed by atoms with Crippen molar-refractivity contribution in [2.75, 3.05) is 0 Å². The van der Waals surface area contributed by atoms with Crippen molar-refractivity contribution in [3.8, 4) is 11.1 Å². The molecule has 5 nitrogen and oxygen atoms in total. The molecule has 0 aromatic carbocycles. The lowest BCUT2D eigenvalue weighted by molar-refractivity contribution is 0.1000. The quantitative estimate of drug-likeness (QED) is 0.790. The Balaban J connectivity index is 2.57. The lowest BCUT2D eigenvalue weighted by Gasteiger charge is -2.02. The molecule has 3 N–H and O–H groups in total. The van der Waals surface area contributed by atoms with Crippen LogP contribution in [0.15, 0.2) is 18.5 Å². The highest BCUT2D eigenvalue weighted by Crippen LogP contribution is 2.24. The van der Waals surface area contributed by atoms with Crippen LogP contribution in [0.4, 0.5) is 0 Å². The zero-order valence-corrected chi connectivity index (χ0v) is 9.11. The lowest BCUT2D eigenvalue weighted by Crippen LogP contribution is -2.11. The molecule has 0 bridgehead atoms. The second-order valence-electron chi connectivity index (χ2n) is 3.64. The predicted octanol–water partition coefficient (Wildman–Crippen LogP) is 1.19. The lowest BCUT2D eigenvalue weighted by atomic mass is 10.0. The van der Waals surface area contributed by atoms with Gasteiger partial charge in [0.1, 0.15) is 0 Å². The zero-order valence-electron chi connectivity index (χ0n) is 9.11. The van der Waals surface area contributed by atoms with Crippen LogP contribution in [-0.2, 0) is 0 Å². The van der Waals surface area contributed by atoms with Gasteiger partial charge in [-0.25, -0.2) is 0 Å². The minimum absolute atomic E-state index is 0.400. The zero-order chi connectivity index (χ0) is 11.7. The summed E-state index contributed by atoms with van der Waals surface area (Å²) in [5.74, 6) is -0.479. The first-order valence-corrected chi connectivity index (χ1v) is 4.86. The monoisotopic (exact) mass is 216 g/mol. The fourth-order valence-electron chi connectivity index (χ4n) is 1.69. The van der Waals surface area contributed by atoms with E-state index < -0.39 is 5.91 Å². The maximum absolute atomic E-state index is 11.1. The Morgan fingerprint density at radius 3 is 2.69 bits per heavy atom. The van der Waals surface area contributed by atoms with Gasteiger partial charge in [-0.3, -0.25) is 14.9 Å². The molecular weight excluding hydrogens is 204 g/mol. The van der Waals surface area contributed by atoms with Gasteiger partial charge in [0.2, 0.25) is 5.91 Å². The van der Waals surface area contributed by atoms with Crippen LogP contribution in [0.3, 0.4) is 0 Å². The number of H-pyrrole nitrogens is 1. The summed E-state index contributed by atoms with van der Waals surface area (Å²) >= 11 is 0. The average Bonchev–Trinajstić information content (AvgIpc) is 2.59. The van der Waals surface area contributed by atoms with Crippen molar-refractivity contribution < 1.29 is 4.79 Å². The molecule has 1 amide bonds. The fourth-order valence-corrected chi connectivity index (χ4v) is 1.69. The van der Waals surface area contributed by atoms with Crippen LogP contribution in [0, 0.1) is 13.8 Å². The predicted molar refractivity (Wildman–Crippen MR) is 59.8 cm³/mol. The van der Waals surface area contributed by atoms with Crippen LogP contribution >= 0.6 is 0 Å². The van der Waals surface area contributed by atoms with Crippen LogP contribution in [0.2, 0.25) is 0 Å². The molecule has 2 aromatic heterocycles. The summed E-state index contributed by atoms with van der Waals surface area (Å²) in [4.78, 5) is 15.1. The molecule has 0 radical (unpaired) electrons. The van der Waals surface area contributed by atoms with Gasteiger partial charge in [-0.15, -0.1) is 0 Å². The summed E-state index contributed by atoms with van der Waals surface area (Å²) in [6.07, 6.45) is 3.15. The van der Waals surface area contributed by atoms with Gasteiger partial charge in [0.15, 0.2) is 0 Å². The van der Waals surface area contributed by atoms with Gasteiger partial charge in [0, 0.05) is 29.2 Å².